The third-order valence-corrected chi connectivity index (χ3v) is 3.51. The van der Waals surface area contributed by atoms with Gasteiger partial charge in [0.1, 0.15) is 23.2 Å². The van der Waals surface area contributed by atoms with Gasteiger partial charge in [0, 0.05) is 26.7 Å². The van der Waals surface area contributed by atoms with Gasteiger partial charge in [-0.2, -0.15) is 0 Å². The van der Waals surface area contributed by atoms with Crippen LogP contribution < -0.4 is 16.0 Å². The molecule has 9 heteroatoms. The van der Waals surface area contributed by atoms with Crippen molar-refractivity contribution < 1.29 is 23.1 Å². The van der Waals surface area contributed by atoms with Crippen molar-refractivity contribution in [1.82, 2.24) is 16.0 Å². The van der Waals surface area contributed by atoms with E-state index in [1.165, 1.54) is 6.07 Å². The predicted molar refractivity (Wildman–Crippen MR) is 97.5 cm³/mol. The van der Waals surface area contributed by atoms with Gasteiger partial charge in [0.15, 0.2) is 0 Å². The lowest BCUT2D eigenvalue weighted by atomic mass is 10.0. The molecule has 0 fully saturated rings. The van der Waals surface area contributed by atoms with Gasteiger partial charge in [-0.3, -0.25) is 9.59 Å². The number of carbonyl (C=O) groups is 2. The second-order valence-electron chi connectivity index (χ2n) is 5.83. The van der Waals surface area contributed by atoms with Gasteiger partial charge in [0.25, 0.3) is 5.91 Å². The van der Waals surface area contributed by atoms with Crippen LogP contribution in [0.25, 0.3) is 0 Å². The molecule has 26 heavy (non-hydrogen) atoms. The van der Waals surface area contributed by atoms with Crippen molar-refractivity contribution in [3.05, 3.63) is 35.4 Å². The third kappa shape index (κ3) is 7.63. The van der Waals surface area contributed by atoms with Crippen LogP contribution >= 0.6 is 12.4 Å². The van der Waals surface area contributed by atoms with E-state index >= 15 is 0 Å². The molecule has 0 aliphatic heterocycles. The topological polar surface area (TPSA) is 79.5 Å². The Morgan fingerprint density at radius 1 is 1.12 bits per heavy atom. The van der Waals surface area contributed by atoms with Crippen LogP contribution in [-0.2, 0) is 9.53 Å². The average Bonchev–Trinajstić information content (AvgIpc) is 2.55. The van der Waals surface area contributed by atoms with E-state index in [9.17, 15) is 18.4 Å². The van der Waals surface area contributed by atoms with E-state index in [2.05, 4.69) is 16.0 Å². The molecule has 0 aliphatic carbocycles. The summed E-state index contributed by atoms with van der Waals surface area (Å²) in [6.07, 6.45) is 0. The normalized spacial score (nSPS) is 11.6. The number of rotatable bonds is 10. The van der Waals surface area contributed by atoms with Crippen LogP contribution in [0, 0.1) is 17.6 Å². The van der Waals surface area contributed by atoms with Gasteiger partial charge in [0.05, 0.1) is 6.61 Å². The lowest BCUT2D eigenvalue weighted by molar-refractivity contribution is -0.123. The molecule has 1 atom stereocenters. The standard InChI is InChI=1S/C17H25F2N3O3.ClH/c1-11(2)15(17(24)21-8-7-20-9-10-25-3)22-16(23)14-12(18)5-4-6-13(14)19;/h4-6,11,15,20H,7-10H2,1-3H3,(H,21,24)(H,22,23);1H. The first-order valence-corrected chi connectivity index (χ1v) is 8.10. The molecular formula is C17H26ClF2N3O3. The number of halogens is 3. The summed E-state index contributed by atoms with van der Waals surface area (Å²) in [6, 6.07) is 2.26. The fourth-order valence-corrected chi connectivity index (χ4v) is 2.15. The van der Waals surface area contributed by atoms with Crippen molar-refractivity contribution in [1.29, 1.82) is 0 Å². The molecule has 0 aliphatic rings. The summed E-state index contributed by atoms with van der Waals surface area (Å²) in [7, 11) is 1.60. The Labute approximate surface area is 158 Å². The Balaban J connectivity index is 0.00000625. The summed E-state index contributed by atoms with van der Waals surface area (Å²) in [5, 5.41) is 8.15. The number of carbonyl (C=O) groups excluding carboxylic acids is 2. The van der Waals surface area contributed by atoms with Gasteiger partial charge in [-0.25, -0.2) is 8.78 Å². The van der Waals surface area contributed by atoms with Crippen molar-refractivity contribution in [3.63, 3.8) is 0 Å². The zero-order chi connectivity index (χ0) is 18.8. The zero-order valence-corrected chi connectivity index (χ0v) is 15.9. The molecular weight excluding hydrogens is 368 g/mol. The summed E-state index contributed by atoms with van der Waals surface area (Å²) < 4.78 is 32.3. The minimum atomic E-state index is -0.970. The molecule has 0 saturated carbocycles. The molecule has 0 heterocycles. The molecule has 1 rings (SSSR count). The molecule has 0 spiro atoms. The minimum Gasteiger partial charge on any atom is -0.383 e. The second kappa shape index (κ2) is 12.6. The van der Waals surface area contributed by atoms with Crippen LogP contribution in [0.4, 0.5) is 8.78 Å². The number of hydrogen-bond acceptors (Lipinski definition) is 4. The fourth-order valence-electron chi connectivity index (χ4n) is 2.15. The van der Waals surface area contributed by atoms with Crippen LogP contribution in [0.5, 0.6) is 0 Å². The number of benzene rings is 1. The third-order valence-electron chi connectivity index (χ3n) is 3.51. The Bertz CT molecular complexity index is 568. The van der Waals surface area contributed by atoms with Gasteiger partial charge in [-0.1, -0.05) is 19.9 Å². The Morgan fingerprint density at radius 3 is 2.27 bits per heavy atom. The molecule has 6 nitrogen and oxygen atoms in total. The molecule has 148 valence electrons. The maximum Gasteiger partial charge on any atom is 0.257 e. The van der Waals surface area contributed by atoms with Gasteiger partial charge in [-0.05, 0) is 18.1 Å². The first-order valence-electron chi connectivity index (χ1n) is 8.10. The molecule has 3 N–H and O–H groups in total. The van der Waals surface area contributed by atoms with Crippen LogP contribution in [0.15, 0.2) is 18.2 Å². The zero-order valence-electron chi connectivity index (χ0n) is 15.1. The Morgan fingerprint density at radius 2 is 1.73 bits per heavy atom. The first kappa shape index (κ1) is 24.2. The van der Waals surface area contributed by atoms with Crippen LogP contribution in [-0.4, -0.2) is 51.2 Å². The molecule has 1 aromatic rings. The first-order chi connectivity index (χ1) is 11.9. The van der Waals surface area contributed by atoms with Crippen molar-refractivity contribution in [2.24, 2.45) is 5.92 Å². The Kier molecular flexibility index (Phi) is 11.7. The molecule has 0 radical (unpaired) electrons. The van der Waals surface area contributed by atoms with Crippen LogP contribution in [0.1, 0.15) is 24.2 Å². The highest BCUT2D eigenvalue weighted by Crippen LogP contribution is 2.13. The van der Waals surface area contributed by atoms with Gasteiger partial charge < -0.3 is 20.7 Å². The smallest absolute Gasteiger partial charge is 0.257 e. The lowest BCUT2D eigenvalue weighted by Gasteiger charge is -2.22. The minimum absolute atomic E-state index is 0. The van der Waals surface area contributed by atoms with E-state index in [1.54, 1.807) is 21.0 Å². The van der Waals surface area contributed by atoms with E-state index in [1.807, 2.05) is 0 Å². The summed E-state index contributed by atoms with van der Waals surface area (Å²) in [4.78, 5) is 24.4. The lowest BCUT2D eigenvalue weighted by Crippen LogP contribution is -2.51. The van der Waals surface area contributed by atoms with Gasteiger partial charge in [0.2, 0.25) is 5.91 Å². The van der Waals surface area contributed by atoms with Crippen LogP contribution in [0.2, 0.25) is 0 Å². The molecule has 2 amide bonds. The highest BCUT2D eigenvalue weighted by molar-refractivity contribution is 5.98. The van der Waals surface area contributed by atoms with Crippen molar-refractivity contribution in [2.75, 3.05) is 33.4 Å². The number of amides is 2. The fraction of sp³-hybridized carbons (Fsp3) is 0.529. The number of nitrogens with one attached hydrogen (secondary N) is 3. The summed E-state index contributed by atoms with van der Waals surface area (Å²) in [5.41, 5.74) is -0.692. The SMILES string of the molecule is COCCNCCNC(=O)C(NC(=O)c1c(F)cccc1F)C(C)C.Cl. The highest BCUT2D eigenvalue weighted by atomic mass is 35.5. The quantitative estimate of drug-likeness (QED) is 0.526. The highest BCUT2D eigenvalue weighted by Gasteiger charge is 2.26. The van der Waals surface area contributed by atoms with E-state index in [0.29, 0.717) is 26.2 Å². The van der Waals surface area contributed by atoms with E-state index in [-0.39, 0.29) is 18.3 Å². The number of methoxy groups -OCH3 is 1. The number of ether oxygens (including phenoxy) is 1. The van der Waals surface area contributed by atoms with E-state index in [4.69, 9.17) is 4.74 Å². The molecule has 0 bridgehead atoms. The predicted octanol–water partition coefficient (Wildman–Crippen LogP) is 1.49. The van der Waals surface area contributed by atoms with Crippen LogP contribution in [0.3, 0.4) is 0 Å². The summed E-state index contributed by atoms with van der Waals surface area (Å²) in [6.45, 7) is 5.58. The molecule has 1 unspecified atom stereocenters. The van der Waals surface area contributed by atoms with E-state index in [0.717, 1.165) is 12.1 Å². The Hall–Kier alpha value is -1.77. The van der Waals surface area contributed by atoms with Crippen molar-refractivity contribution in [2.45, 2.75) is 19.9 Å². The van der Waals surface area contributed by atoms with Crippen molar-refractivity contribution >= 4 is 24.2 Å². The molecule has 1 aromatic carbocycles. The van der Waals surface area contributed by atoms with Crippen molar-refractivity contribution in [3.8, 4) is 0 Å². The maximum absolute atomic E-state index is 13.7. The maximum atomic E-state index is 13.7. The molecule has 0 aromatic heterocycles. The summed E-state index contributed by atoms with van der Waals surface area (Å²) in [5.74, 6) is -3.55. The number of hydrogen-bond donors (Lipinski definition) is 3. The van der Waals surface area contributed by atoms with Gasteiger partial charge in [-0.15, -0.1) is 12.4 Å². The van der Waals surface area contributed by atoms with E-state index < -0.39 is 35.1 Å². The van der Waals surface area contributed by atoms with Gasteiger partial charge >= 0.3 is 0 Å². The average molecular weight is 394 g/mol. The monoisotopic (exact) mass is 393 g/mol. The molecule has 0 saturated heterocycles. The largest absolute Gasteiger partial charge is 0.383 e. The second-order valence-corrected chi connectivity index (χ2v) is 5.83. The summed E-state index contributed by atoms with van der Waals surface area (Å²) >= 11 is 0.